The van der Waals surface area contributed by atoms with Crippen molar-refractivity contribution >= 4 is 11.8 Å². The fourth-order valence-corrected chi connectivity index (χ4v) is 4.83. The molecule has 0 N–H and O–H groups in total. The zero-order valence-electron chi connectivity index (χ0n) is 9.86. The molecule has 88 valence electrons. The van der Waals surface area contributed by atoms with Crippen LogP contribution in [0.15, 0.2) is 0 Å². The van der Waals surface area contributed by atoms with Gasteiger partial charge in [-0.05, 0) is 30.1 Å². The molecule has 0 aromatic heterocycles. The Bertz CT molecular complexity index is 362. The van der Waals surface area contributed by atoms with Gasteiger partial charge < -0.3 is 4.74 Å². The van der Waals surface area contributed by atoms with Crippen molar-refractivity contribution in [3.63, 3.8) is 0 Å². The normalized spacial score (nSPS) is 49.5. The van der Waals surface area contributed by atoms with Crippen molar-refractivity contribution in [2.75, 3.05) is 7.11 Å². The highest BCUT2D eigenvalue weighted by atomic mass is 16.5. The van der Waals surface area contributed by atoms with E-state index in [1.54, 1.807) is 0 Å². The second kappa shape index (κ2) is 3.08. The SMILES string of the molecule is COC(=O)[C@H]1[C@@H]2CCC[C@@]3(C)[C@@H]2C(=O)C[C@@H]13. The van der Waals surface area contributed by atoms with Gasteiger partial charge >= 0.3 is 5.97 Å². The predicted molar refractivity (Wildman–Crippen MR) is 57.6 cm³/mol. The highest BCUT2D eigenvalue weighted by Crippen LogP contribution is 2.67. The Kier molecular flexibility index (Phi) is 1.99. The molecule has 4 bridgehead atoms. The summed E-state index contributed by atoms with van der Waals surface area (Å²) >= 11 is 0. The fraction of sp³-hybridized carbons (Fsp3) is 0.846. The molecule has 0 amide bonds. The third-order valence-corrected chi connectivity index (χ3v) is 5.37. The zero-order valence-corrected chi connectivity index (χ0v) is 9.86. The number of Topliss-reactive ketones (excluding diaryl/α,β-unsaturated/α-hetero) is 1. The van der Waals surface area contributed by atoms with Gasteiger partial charge in [-0.15, -0.1) is 0 Å². The number of hydrogen-bond acceptors (Lipinski definition) is 3. The van der Waals surface area contributed by atoms with Crippen LogP contribution in [0.2, 0.25) is 0 Å². The Morgan fingerprint density at radius 1 is 1.50 bits per heavy atom. The first-order chi connectivity index (χ1) is 7.59. The lowest BCUT2D eigenvalue weighted by molar-refractivity contribution is -0.150. The van der Waals surface area contributed by atoms with E-state index in [-0.39, 0.29) is 35.1 Å². The second-order valence-electron chi connectivity index (χ2n) is 5.87. The Morgan fingerprint density at radius 3 is 2.88 bits per heavy atom. The summed E-state index contributed by atoms with van der Waals surface area (Å²) in [5, 5.41) is 0. The van der Waals surface area contributed by atoms with Crippen LogP contribution in [0.1, 0.15) is 32.6 Å². The summed E-state index contributed by atoms with van der Waals surface area (Å²) in [6, 6.07) is 0. The first-order valence-electron chi connectivity index (χ1n) is 6.20. The summed E-state index contributed by atoms with van der Waals surface area (Å²) in [6.45, 7) is 2.21. The van der Waals surface area contributed by atoms with Crippen molar-refractivity contribution in [1.82, 2.24) is 0 Å². The number of esters is 1. The minimum atomic E-state index is -0.0851. The lowest BCUT2D eigenvalue weighted by atomic mass is 9.69. The molecule has 0 unspecified atom stereocenters. The molecule has 16 heavy (non-hydrogen) atoms. The molecule has 3 heteroatoms. The number of methoxy groups -OCH3 is 1. The van der Waals surface area contributed by atoms with Crippen molar-refractivity contribution in [1.29, 1.82) is 0 Å². The number of hydrogen-bond donors (Lipinski definition) is 0. The van der Waals surface area contributed by atoms with Crippen LogP contribution in [-0.4, -0.2) is 18.9 Å². The van der Waals surface area contributed by atoms with Crippen LogP contribution in [0.5, 0.6) is 0 Å². The van der Waals surface area contributed by atoms with Crippen LogP contribution < -0.4 is 0 Å². The molecule has 3 aliphatic carbocycles. The van der Waals surface area contributed by atoms with Gasteiger partial charge in [-0.3, -0.25) is 9.59 Å². The van der Waals surface area contributed by atoms with Crippen molar-refractivity contribution in [2.24, 2.45) is 29.1 Å². The highest BCUT2D eigenvalue weighted by Gasteiger charge is 2.68. The summed E-state index contributed by atoms with van der Waals surface area (Å²) in [6.07, 6.45) is 3.91. The van der Waals surface area contributed by atoms with Crippen LogP contribution in [0.25, 0.3) is 0 Å². The molecule has 0 radical (unpaired) electrons. The molecule has 5 atom stereocenters. The van der Waals surface area contributed by atoms with E-state index in [1.165, 1.54) is 7.11 Å². The predicted octanol–water partition coefficient (Wildman–Crippen LogP) is 1.80. The Labute approximate surface area is 95.5 Å². The standard InChI is InChI=1S/C13H18O3/c1-13-5-3-4-7-10(12(15)16-2)8(13)6-9(14)11(7)13/h7-8,10-11H,3-6H2,1-2H3/t7-,8-,10-,11-,13+/m0/s1. The topological polar surface area (TPSA) is 43.4 Å². The quantitative estimate of drug-likeness (QED) is 0.635. The van der Waals surface area contributed by atoms with Crippen molar-refractivity contribution in [2.45, 2.75) is 32.6 Å². The zero-order chi connectivity index (χ0) is 11.5. The number of ketones is 1. The van der Waals surface area contributed by atoms with Crippen molar-refractivity contribution in [3.05, 3.63) is 0 Å². The number of carbonyl (C=O) groups is 2. The van der Waals surface area contributed by atoms with E-state index in [9.17, 15) is 9.59 Å². The summed E-state index contributed by atoms with van der Waals surface area (Å²) in [5.74, 6) is 0.994. The number of carbonyl (C=O) groups excluding carboxylic acids is 2. The van der Waals surface area contributed by atoms with Gasteiger partial charge in [-0.1, -0.05) is 13.3 Å². The molecule has 0 spiro atoms. The van der Waals surface area contributed by atoms with Gasteiger partial charge in [-0.2, -0.15) is 0 Å². The minimum Gasteiger partial charge on any atom is -0.469 e. The smallest absolute Gasteiger partial charge is 0.309 e. The van der Waals surface area contributed by atoms with Gasteiger partial charge in [0.05, 0.1) is 13.0 Å². The van der Waals surface area contributed by atoms with E-state index in [2.05, 4.69) is 6.92 Å². The van der Waals surface area contributed by atoms with Crippen LogP contribution in [0.3, 0.4) is 0 Å². The highest BCUT2D eigenvalue weighted by molar-refractivity contribution is 5.90. The molecule has 3 rings (SSSR count). The first-order valence-corrected chi connectivity index (χ1v) is 6.20. The van der Waals surface area contributed by atoms with E-state index in [1.807, 2.05) is 0 Å². The third kappa shape index (κ3) is 0.994. The maximum absolute atomic E-state index is 12.0. The molecule has 3 nitrogen and oxygen atoms in total. The van der Waals surface area contributed by atoms with Crippen molar-refractivity contribution in [3.8, 4) is 0 Å². The Morgan fingerprint density at radius 2 is 2.25 bits per heavy atom. The largest absolute Gasteiger partial charge is 0.469 e. The van der Waals surface area contributed by atoms with Gasteiger partial charge in [0.25, 0.3) is 0 Å². The van der Waals surface area contributed by atoms with Crippen molar-refractivity contribution < 1.29 is 14.3 Å². The molecular weight excluding hydrogens is 204 g/mol. The lowest BCUT2D eigenvalue weighted by Crippen LogP contribution is -2.35. The summed E-state index contributed by atoms with van der Waals surface area (Å²) in [4.78, 5) is 23.8. The molecular formula is C13H18O3. The maximum Gasteiger partial charge on any atom is 0.309 e. The number of rotatable bonds is 1. The summed E-state index contributed by atoms with van der Waals surface area (Å²) < 4.78 is 4.92. The molecule has 0 saturated heterocycles. The van der Waals surface area contributed by atoms with E-state index < -0.39 is 0 Å². The molecule has 3 saturated carbocycles. The van der Waals surface area contributed by atoms with E-state index in [4.69, 9.17) is 4.74 Å². The van der Waals surface area contributed by atoms with Crippen LogP contribution in [0.4, 0.5) is 0 Å². The maximum atomic E-state index is 12.0. The van der Waals surface area contributed by atoms with E-state index in [0.29, 0.717) is 12.2 Å². The van der Waals surface area contributed by atoms with Gasteiger partial charge in [0.15, 0.2) is 0 Å². The van der Waals surface area contributed by atoms with Crippen LogP contribution in [0, 0.1) is 29.1 Å². The van der Waals surface area contributed by atoms with E-state index in [0.717, 1.165) is 19.3 Å². The average Bonchev–Trinajstić information content (AvgIpc) is 2.59. The molecule has 0 heterocycles. The monoisotopic (exact) mass is 222 g/mol. The second-order valence-corrected chi connectivity index (χ2v) is 5.87. The molecule has 0 aromatic rings. The minimum absolute atomic E-state index is 0.000185. The van der Waals surface area contributed by atoms with Crippen LogP contribution >= 0.6 is 0 Å². The first kappa shape index (κ1) is 10.3. The summed E-state index contributed by atoms with van der Waals surface area (Å²) in [5.41, 5.74) is 0.0961. The van der Waals surface area contributed by atoms with Gasteiger partial charge in [0.1, 0.15) is 5.78 Å². The third-order valence-electron chi connectivity index (χ3n) is 5.37. The Balaban J connectivity index is 2.02. The van der Waals surface area contributed by atoms with Gasteiger partial charge in [-0.25, -0.2) is 0 Å². The van der Waals surface area contributed by atoms with Gasteiger partial charge in [0, 0.05) is 12.3 Å². The molecule has 0 aliphatic heterocycles. The number of ether oxygens (including phenoxy) is 1. The van der Waals surface area contributed by atoms with E-state index >= 15 is 0 Å². The van der Waals surface area contributed by atoms with Gasteiger partial charge in [0.2, 0.25) is 0 Å². The lowest BCUT2D eigenvalue weighted by Gasteiger charge is -2.34. The van der Waals surface area contributed by atoms with Crippen LogP contribution in [-0.2, 0) is 14.3 Å². The average molecular weight is 222 g/mol. The Hall–Kier alpha value is -0.860. The molecule has 3 fully saturated rings. The summed E-state index contributed by atoms with van der Waals surface area (Å²) in [7, 11) is 1.46. The fourth-order valence-electron chi connectivity index (χ4n) is 4.83. The molecule has 3 aliphatic rings. The molecule has 0 aromatic carbocycles.